The van der Waals surface area contributed by atoms with Gasteiger partial charge < -0.3 is 11.1 Å². The Bertz CT molecular complexity index is 584. The van der Waals surface area contributed by atoms with E-state index in [0.29, 0.717) is 5.69 Å². The molecule has 0 bridgehead atoms. The van der Waals surface area contributed by atoms with E-state index in [1.165, 1.54) is 29.2 Å². The smallest absolute Gasteiger partial charge is 0.246 e. The van der Waals surface area contributed by atoms with Crippen LogP contribution in [0.4, 0.5) is 15.8 Å². The van der Waals surface area contributed by atoms with Gasteiger partial charge in [0, 0.05) is 11.2 Å². The first kappa shape index (κ1) is 12.4. The molecule has 1 aromatic heterocycles. The largest absolute Gasteiger partial charge is 0.396 e. The number of carbonyl (C=O) groups is 1. The lowest BCUT2D eigenvalue weighted by atomic mass is 10.3. The van der Waals surface area contributed by atoms with Crippen LogP contribution in [0.1, 0.15) is 0 Å². The molecule has 1 heterocycles. The number of carbonyl (C=O) groups excluding carboxylic acids is 1. The Labute approximate surface area is 107 Å². The summed E-state index contributed by atoms with van der Waals surface area (Å²) in [4.78, 5) is 11.6. The molecule has 0 aliphatic rings. The number of hydrogen-bond donors (Lipinski definition) is 2. The number of benzene rings is 1. The van der Waals surface area contributed by atoms with Crippen LogP contribution in [-0.4, -0.2) is 15.7 Å². The first-order valence-corrected chi connectivity index (χ1v) is 5.45. The van der Waals surface area contributed by atoms with Crippen molar-refractivity contribution in [3.63, 3.8) is 0 Å². The molecule has 3 N–H and O–H groups in total. The Hall–Kier alpha value is -2.08. The van der Waals surface area contributed by atoms with Crippen LogP contribution in [0.25, 0.3) is 0 Å². The highest BCUT2D eigenvalue weighted by Crippen LogP contribution is 2.18. The molecule has 94 valence electrons. The number of nitrogens with one attached hydrogen (secondary N) is 1. The highest BCUT2D eigenvalue weighted by atomic mass is 35.5. The quantitative estimate of drug-likeness (QED) is 0.893. The van der Waals surface area contributed by atoms with Gasteiger partial charge in [0.15, 0.2) is 0 Å². The summed E-state index contributed by atoms with van der Waals surface area (Å²) in [6, 6.07) is 4.02. The van der Waals surface area contributed by atoms with Gasteiger partial charge in [0.05, 0.1) is 17.6 Å². The lowest BCUT2D eigenvalue weighted by molar-refractivity contribution is -0.116. The van der Waals surface area contributed by atoms with Crippen LogP contribution < -0.4 is 11.1 Å². The fourth-order valence-corrected chi connectivity index (χ4v) is 1.55. The van der Waals surface area contributed by atoms with Crippen LogP contribution >= 0.6 is 11.6 Å². The number of nitrogens with two attached hydrogens (primary N) is 1. The maximum absolute atomic E-state index is 13.4. The molecule has 2 rings (SSSR count). The molecule has 7 heteroatoms. The van der Waals surface area contributed by atoms with Crippen LogP contribution in [0.3, 0.4) is 0 Å². The zero-order chi connectivity index (χ0) is 13.1. The zero-order valence-electron chi connectivity index (χ0n) is 9.23. The first-order valence-electron chi connectivity index (χ1n) is 5.07. The van der Waals surface area contributed by atoms with Crippen LogP contribution in [-0.2, 0) is 11.3 Å². The molecule has 2 aromatic rings. The van der Waals surface area contributed by atoms with Gasteiger partial charge in [-0.2, -0.15) is 5.10 Å². The summed E-state index contributed by atoms with van der Waals surface area (Å²) in [7, 11) is 0. The molecular formula is C11H10ClFN4O. The van der Waals surface area contributed by atoms with E-state index in [4.69, 9.17) is 17.3 Å². The Balaban J connectivity index is 2.03. The summed E-state index contributed by atoms with van der Waals surface area (Å²) in [5.41, 5.74) is 5.99. The summed E-state index contributed by atoms with van der Waals surface area (Å²) in [6.45, 7) is -0.0424. The SMILES string of the molecule is Nc1cnn(CC(=O)Nc2ccc(Cl)cc2F)c1. The van der Waals surface area contributed by atoms with Gasteiger partial charge in [-0.1, -0.05) is 11.6 Å². The maximum atomic E-state index is 13.4. The third kappa shape index (κ3) is 2.98. The molecule has 18 heavy (non-hydrogen) atoms. The Morgan fingerprint density at radius 3 is 2.94 bits per heavy atom. The van der Waals surface area contributed by atoms with E-state index in [-0.39, 0.29) is 17.3 Å². The second kappa shape index (κ2) is 5.05. The van der Waals surface area contributed by atoms with Crippen molar-refractivity contribution in [2.24, 2.45) is 0 Å². The molecule has 1 amide bonds. The Kier molecular flexibility index (Phi) is 3.47. The van der Waals surface area contributed by atoms with Gasteiger partial charge in [-0.05, 0) is 18.2 Å². The van der Waals surface area contributed by atoms with Crippen LogP contribution in [0.15, 0.2) is 30.6 Å². The standard InChI is InChI=1S/C11H10ClFN4O/c12-7-1-2-10(9(13)3-7)16-11(18)6-17-5-8(14)4-15-17/h1-5H,6,14H2,(H,16,18). The molecule has 0 saturated heterocycles. The zero-order valence-corrected chi connectivity index (χ0v) is 9.99. The number of rotatable bonds is 3. The third-order valence-electron chi connectivity index (χ3n) is 2.16. The number of anilines is 2. The molecule has 0 atom stereocenters. The van der Waals surface area contributed by atoms with Gasteiger partial charge in [-0.15, -0.1) is 0 Å². The summed E-state index contributed by atoms with van der Waals surface area (Å²) in [5.74, 6) is -0.991. The summed E-state index contributed by atoms with van der Waals surface area (Å²) in [6.07, 6.45) is 2.94. The van der Waals surface area contributed by atoms with Crippen molar-refractivity contribution in [1.82, 2.24) is 9.78 Å². The number of halogens is 2. The van der Waals surface area contributed by atoms with Crippen LogP contribution in [0, 0.1) is 5.82 Å². The average molecular weight is 269 g/mol. The second-order valence-electron chi connectivity index (χ2n) is 3.64. The molecular weight excluding hydrogens is 259 g/mol. The van der Waals surface area contributed by atoms with E-state index < -0.39 is 11.7 Å². The number of nitrogen functional groups attached to an aromatic ring is 1. The van der Waals surface area contributed by atoms with Crippen molar-refractivity contribution in [3.8, 4) is 0 Å². The monoisotopic (exact) mass is 268 g/mol. The molecule has 0 radical (unpaired) electrons. The lowest BCUT2D eigenvalue weighted by Crippen LogP contribution is -2.19. The van der Waals surface area contributed by atoms with E-state index in [0.717, 1.165) is 6.07 Å². The van der Waals surface area contributed by atoms with Crippen molar-refractivity contribution in [1.29, 1.82) is 0 Å². The minimum atomic E-state index is -0.587. The average Bonchev–Trinajstić information content (AvgIpc) is 2.68. The Morgan fingerprint density at radius 1 is 1.56 bits per heavy atom. The van der Waals surface area contributed by atoms with Gasteiger partial charge in [0.25, 0.3) is 0 Å². The Morgan fingerprint density at radius 2 is 2.33 bits per heavy atom. The fourth-order valence-electron chi connectivity index (χ4n) is 1.39. The molecule has 5 nitrogen and oxygen atoms in total. The number of nitrogens with zero attached hydrogens (tertiary/aromatic N) is 2. The predicted molar refractivity (Wildman–Crippen MR) is 66.7 cm³/mol. The predicted octanol–water partition coefficient (Wildman–Crippen LogP) is 1.90. The molecule has 0 aliphatic carbocycles. The topological polar surface area (TPSA) is 72.9 Å². The summed E-state index contributed by atoms with van der Waals surface area (Å²) in [5, 5.41) is 6.54. The van der Waals surface area contributed by atoms with E-state index in [9.17, 15) is 9.18 Å². The van der Waals surface area contributed by atoms with Gasteiger partial charge >= 0.3 is 0 Å². The van der Waals surface area contributed by atoms with Crippen molar-refractivity contribution < 1.29 is 9.18 Å². The molecule has 0 unspecified atom stereocenters. The maximum Gasteiger partial charge on any atom is 0.246 e. The van der Waals surface area contributed by atoms with Gasteiger partial charge in [0.2, 0.25) is 5.91 Å². The fraction of sp³-hybridized carbons (Fsp3) is 0.0909. The number of aromatic nitrogens is 2. The molecule has 1 aromatic carbocycles. The van der Waals surface area contributed by atoms with E-state index >= 15 is 0 Å². The lowest BCUT2D eigenvalue weighted by Gasteiger charge is -2.06. The van der Waals surface area contributed by atoms with Crippen molar-refractivity contribution >= 4 is 28.9 Å². The molecule has 0 fully saturated rings. The van der Waals surface area contributed by atoms with E-state index in [1.807, 2.05) is 0 Å². The summed E-state index contributed by atoms with van der Waals surface area (Å²) < 4.78 is 14.8. The third-order valence-corrected chi connectivity index (χ3v) is 2.40. The summed E-state index contributed by atoms with van der Waals surface area (Å²) >= 11 is 5.61. The van der Waals surface area contributed by atoms with E-state index in [1.54, 1.807) is 0 Å². The highest BCUT2D eigenvalue weighted by molar-refractivity contribution is 6.30. The molecule has 0 aliphatic heterocycles. The van der Waals surface area contributed by atoms with Crippen molar-refractivity contribution in [2.45, 2.75) is 6.54 Å². The first-order chi connectivity index (χ1) is 8.54. The normalized spacial score (nSPS) is 10.3. The van der Waals surface area contributed by atoms with Gasteiger partial charge in [-0.3, -0.25) is 9.48 Å². The molecule has 0 spiro atoms. The van der Waals surface area contributed by atoms with Gasteiger partial charge in [0.1, 0.15) is 12.4 Å². The highest BCUT2D eigenvalue weighted by Gasteiger charge is 2.08. The number of amides is 1. The van der Waals surface area contributed by atoms with E-state index in [2.05, 4.69) is 10.4 Å². The van der Waals surface area contributed by atoms with Crippen LogP contribution in [0.5, 0.6) is 0 Å². The number of hydrogen-bond acceptors (Lipinski definition) is 3. The minimum Gasteiger partial charge on any atom is -0.396 e. The van der Waals surface area contributed by atoms with Crippen LogP contribution in [0.2, 0.25) is 5.02 Å². The second-order valence-corrected chi connectivity index (χ2v) is 4.08. The van der Waals surface area contributed by atoms with Gasteiger partial charge in [-0.25, -0.2) is 4.39 Å². The minimum absolute atomic E-state index is 0.0424. The van der Waals surface area contributed by atoms with Crippen molar-refractivity contribution in [3.05, 3.63) is 41.4 Å². The van der Waals surface area contributed by atoms with Crippen molar-refractivity contribution in [2.75, 3.05) is 11.1 Å². The molecule has 0 saturated carbocycles.